The molecule has 2 aromatic carbocycles. The fourth-order valence-corrected chi connectivity index (χ4v) is 6.56. The van der Waals surface area contributed by atoms with E-state index >= 15 is 0 Å². The van der Waals surface area contributed by atoms with Crippen LogP contribution in [-0.4, -0.2) is 62.5 Å². The van der Waals surface area contributed by atoms with Crippen LogP contribution in [0.15, 0.2) is 59.5 Å². The molecule has 2 aromatic rings. The molecule has 0 aromatic heterocycles. The first kappa shape index (κ1) is 29.6. The summed E-state index contributed by atoms with van der Waals surface area (Å²) >= 11 is 0. The third-order valence-electron chi connectivity index (χ3n) is 8.58. The van der Waals surface area contributed by atoms with Gasteiger partial charge in [0.25, 0.3) is 0 Å². The van der Waals surface area contributed by atoms with Crippen LogP contribution >= 0.6 is 12.4 Å². The first-order valence-electron chi connectivity index (χ1n) is 13.9. The summed E-state index contributed by atoms with van der Waals surface area (Å²) in [4.78, 5) is 30.7. The summed E-state index contributed by atoms with van der Waals surface area (Å²) in [6.45, 7) is 3.94. The second kappa shape index (κ2) is 12.4. The lowest BCUT2D eigenvalue weighted by Crippen LogP contribution is -2.45. The molecule has 0 radical (unpaired) electrons. The van der Waals surface area contributed by atoms with Crippen LogP contribution in [0.4, 0.5) is 0 Å². The minimum absolute atomic E-state index is 0. The fourth-order valence-electron chi connectivity index (χ4n) is 5.93. The number of piperidine rings is 1. The van der Waals surface area contributed by atoms with E-state index in [1.54, 1.807) is 12.1 Å². The number of amides is 2. The number of nitrogens with zero attached hydrogens (tertiary/aromatic N) is 2. The number of halogens is 1. The maximum atomic E-state index is 13.4. The van der Waals surface area contributed by atoms with Gasteiger partial charge in [-0.1, -0.05) is 42.5 Å². The highest BCUT2D eigenvalue weighted by Crippen LogP contribution is 2.42. The van der Waals surface area contributed by atoms with Crippen molar-refractivity contribution in [3.8, 4) is 0 Å². The van der Waals surface area contributed by atoms with Crippen molar-refractivity contribution in [3.63, 3.8) is 0 Å². The largest absolute Gasteiger partial charge is 0.349 e. The zero-order valence-electron chi connectivity index (χ0n) is 22.7. The number of hydrogen-bond donors (Lipinski definition) is 1. The third-order valence-corrected chi connectivity index (χ3v) is 9.71. The van der Waals surface area contributed by atoms with Gasteiger partial charge in [-0.15, -0.1) is 12.4 Å². The van der Waals surface area contributed by atoms with Crippen LogP contribution in [0.2, 0.25) is 0 Å². The molecule has 3 aliphatic rings. The van der Waals surface area contributed by atoms with E-state index in [1.165, 1.54) is 19.1 Å². The van der Waals surface area contributed by atoms with Gasteiger partial charge in [0.2, 0.25) is 11.8 Å². The van der Waals surface area contributed by atoms with Crippen molar-refractivity contribution in [2.45, 2.75) is 62.4 Å². The molecule has 7 nitrogen and oxygen atoms in total. The topological polar surface area (TPSA) is 86.8 Å². The molecule has 5 rings (SSSR count). The molecule has 1 saturated carbocycles. The third kappa shape index (κ3) is 7.41. The van der Waals surface area contributed by atoms with Crippen LogP contribution in [0.1, 0.15) is 62.1 Å². The molecule has 2 aliphatic heterocycles. The van der Waals surface area contributed by atoms with Gasteiger partial charge in [0.15, 0.2) is 9.84 Å². The quantitative estimate of drug-likeness (QED) is 0.456. The number of hydrogen-bond acceptors (Lipinski definition) is 5. The Morgan fingerprint density at radius 1 is 1.00 bits per heavy atom. The highest BCUT2D eigenvalue weighted by Gasteiger charge is 2.47. The summed E-state index contributed by atoms with van der Waals surface area (Å²) < 4.78 is 23.5. The van der Waals surface area contributed by atoms with Gasteiger partial charge in [0, 0.05) is 32.3 Å². The molecule has 0 bridgehead atoms. The number of likely N-dealkylation sites (tertiary alicyclic amines) is 2. The number of carbonyl (C=O) groups excluding carboxylic acids is 2. The van der Waals surface area contributed by atoms with Crippen molar-refractivity contribution in [2.75, 3.05) is 32.4 Å². The number of nitrogens with one attached hydrogen (secondary N) is 1. The standard InChI is InChI=1S/C30H39N3O4S.ClH/c1-38(36,37)26-11-9-24(10-12-26)22-33-20-16-30(29(33)35)14-18-32(19-15-30)17-13-27(25-5-3-2-4-6-25)31-28(34)21-23-7-8-23;/h2-6,9-12,23,27H,7-8,13-22H2,1H3,(H,31,34);1H/t27-;/m0./s1. The molecular formula is C30H40ClN3O4S. The van der Waals surface area contributed by atoms with E-state index in [1.807, 2.05) is 35.2 Å². The van der Waals surface area contributed by atoms with Gasteiger partial charge in [-0.2, -0.15) is 0 Å². The zero-order valence-corrected chi connectivity index (χ0v) is 24.3. The molecule has 0 unspecified atom stereocenters. The molecule has 1 N–H and O–H groups in total. The molecule has 2 saturated heterocycles. The second-order valence-electron chi connectivity index (χ2n) is 11.5. The number of carbonyl (C=O) groups is 2. The average Bonchev–Trinajstić information content (AvgIpc) is 3.68. The van der Waals surface area contributed by atoms with Crippen LogP contribution < -0.4 is 5.32 Å². The lowest BCUT2D eigenvalue weighted by Gasteiger charge is -2.38. The number of sulfone groups is 1. The maximum absolute atomic E-state index is 13.4. The Bertz CT molecular complexity index is 1240. The maximum Gasteiger partial charge on any atom is 0.229 e. The molecular weight excluding hydrogens is 534 g/mol. The monoisotopic (exact) mass is 573 g/mol. The predicted molar refractivity (Wildman–Crippen MR) is 154 cm³/mol. The highest BCUT2D eigenvalue weighted by atomic mass is 35.5. The Hall–Kier alpha value is -2.42. The molecule has 9 heteroatoms. The van der Waals surface area contributed by atoms with Gasteiger partial charge >= 0.3 is 0 Å². The smallest absolute Gasteiger partial charge is 0.229 e. The summed E-state index contributed by atoms with van der Waals surface area (Å²) in [6.07, 6.45) is 7.64. The Kier molecular flexibility index (Phi) is 9.40. The zero-order chi connectivity index (χ0) is 26.8. The van der Waals surface area contributed by atoms with E-state index in [4.69, 9.17) is 0 Å². The van der Waals surface area contributed by atoms with Gasteiger partial charge in [0.1, 0.15) is 0 Å². The minimum atomic E-state index is -3.23. The summed E-state index contributed by atoms with van der Waals surface area (Å²) in [7, 11) is -3.23. The van der Waals surface area contributed by atoms with E-state index in [-0.39, 0.29) is 35.7 Å². The first-order chi connectivity index (χ1) is 18.2. The Balaban J connectivity index is 0.00000353. The van der Waals surface area contributed by atoms with Gasteiger partial charge in [-0.3, -0.25) is 9.59 Å². The second-order valence-corrected chi connectivity index (χ2v) is 13.5. The number of rotatable bonds is 10. The van der Waals surface area contributed by atoms with Crippen molar-refractivity contribution in [1.82, 2.24) is 15.1 Å². The summed E-state index contributed by atoms with van der Waals surface area (Å²) in [5.41, 5.74) is 1.83. The Morgan fingerprint density at radius 2 is 1.64 bits per heavy atom. The van der Waals surface area contributed by atoms with E-state index in [2.05, 4.69) is 22.3 Å². The fraction of sp³-hybridized carbons (Fsp3) is 0.533. The van der Waals surface area contributed by atoms with Gasteiger partial charge in [0.05, 0.1) is 16.4 Å². The van der Waals surface area contributed by atoms with E-state index in [9.17, 15) is 18.0 Å². The molecule has 3 fully saturated rings. The Morgan fingerprint density at radius 3 is 2.26 bits per heavy atom. The van der Waals surface area contributed by atoms with E-state index in [0.717, 1.165) is 63.0 Å². The van der Waals surface area contributed by atoms with Crippen molar-refractivity contribution >= 4 is 34.1 Å². The lowest BCUT2D eigenvalue weighted by molar-refractivity contribution is -0.139. The van der Waals surface area contributed by atoms with Crippen molar-refractivity contribution in [3.05, 3.63) is 65.7 Å². The van der Waals surface area contributed by atoms with Crippen LogP contribution in [0.5, 0.6) is 0 Å². The minimum Gasteiger partial charge on any atom is -0.349 e. The molecule has 2 heterocycles. The van der Waals surface area contributed by atoms with Crippen molar-refractivity contribution in [2.24, 2.45) is 11.3 Å². The SMILES string of the molecule is CS(=O)(=O)c1ccc(CN2CCC3(CCN(CC[C@H](NC(=O)CC4CC4)c4ccccc4)CC3)C2=O)cc1.Cl. The van der Waals surface area contributed by atoms with Crippen molar-refractivity contribution in [1.29, 1.82) is 0 Å². The molecule has 1 aliphatic carbocycles. The summed E-state index contributed by atoms with van der Waals surface area (Å²) in [5, 5.41) is 3.28. The van der Waals surface area contributed by atoms with Crippen LogP contribution in [0.25, 0.3) is 0 Å². The van der Waals surface area contributed by atoms with Crippen LogP contribution in [0, 0.1) is 11.3 Å². The molecule has 1 atom stereocenters. The molecule has 1 spiro atoms. The summed E-state index contributed by atoms with van der Waals surface area (Å²) in [6, 6.07) is 17.1. The van der Waals surface area contributed by atoms with Crippen molar-refractivity contribution < 1.29 is 18.0 Å². The highest BCUT2D eigenvalue weighted by molar-refractivity contribution is 7.90. The predicted octanol–water partition coefficient (Wildman–Crippen LogP) is 4.37. The van der Waals surface area contributed by atoms with Crippen LogP contribution in [0.3, 0.4) is 0 Å². The molecule has 39 heavy (non-hydrogen) atoms. The molecule has 2 amide bonds. The first-order valence-corrected chi connectivity index (χ1v) is 15.8. The van der Waals surface area contributed by atoms with Gasteiger partial charge in [-0.25, -0.2) is 8.42 Å². The summed E-state index contributed by atoms with van der Waals surface area (Å²) in [5.74, 6) is 0.959. The normalized spacial score (nSPS) is 20.0. The van der Waals surface area contributed by atoms with Crippen LogP contribution in [-0.2, 0) is 26.0 Å². The van der Waals surface area contributed by atoms with Gasteiger partial charge in [-0.05, 0) is 80.8 Å². The van der Waals surface area contributed by atoms with E-state index < -0.39 is 9.84 Å². The molecule has 212 valence electrons. The number of benzene rings is 2. The average molecular weight is 574 g/mol. The van der Waals surface area contributed by atoms with Gasteiger partial charge < -0.3 is 15.1 Å². The Labute approximate surface area is 238 Å². The van der Waals surface area contributed by atoms with E-state index in [0.29, 0.717) is 23.8 Å². The lowest BCUT2D eigenvalue weighted by atomic mass is 9.77.